The first-order chi connectivity index (χ1) is 6.91. The molecule has 0 heterocycles. The van der Waals surface area contributed by atoms with Gasteiger partial charge in [0.1, 0.15) is 0 Å². The number of ether oxygens (including phenoxy) is 2. The zero-order valence-corrected chi connectivity index (χ0v) is 8.91. The highest BCUT2D eigenvalue weighted by Crippen LogP contribution is 1.94. The fourth-order valence-electron chi connectivity index (χ4n) is 0.993. The van der Waals surface area contributed by atoms with E-state index in [1.165, 1.54) is 0 Å². The number of aliphatic hydroxyl groups is 1. The van der Waals surface area contributed by atoms with Crippen molar-refractivity contribution in [3.8, 4) is 0 Å². The normalized spacial score (nSPS) is 10.4. The fourth-order valence-corrected chi connectivity index (χ4v) is 0.993. The Morgan fingerprint density at radius 3 is 2.07 bits per heavy atom. The summed E-state index contributed by atoms with van der Waals surface area (Å²) in [5.74, 6) is 0. The molecule has 14 heavy (non-hydrogen) atoms. The quantitative estimate of drug-likeness (QED) is 0.410. The molecule has 0 saturated heterocycles. The van der Waals surface area contributed by atoms with Crippen LogP contribution in [0.3, 0.4) is 0 Å². The van der Waals surface area contributed by atoms with Crippen LogP contribution >= 0.6 is 0 Å². The number of aliphatic hydroxyl groups excluding tert-OH is 1. The molecule has 0 amide bonds. The Hall–Kier alpha value is -0.380. The Bertz CT molecular complexity index is 115. The van der Waals surface area contributed by atoms with Gasteiger partial charge in [-0.15, -0.1) is 6.58 Å². The van der Waals surface area contributed by atoms with Gasteiger partial charge in [0.05, 0.1) is 6.61 Å². The third-order valence-electron chi connectivity index (χ3n) is 1.76. The molecule has 3 heteroatoms. The van der Waals surface area contributed by atoms with Crippen molar-refractivity contribution in [1.29, 1.82) is 0 Å². The highest BCUT2D eigenvalue weighted by atomic mass is 16.5. The maximum absolute atomic E-state index is 8.51. The monoisotopic (exact) mass is 202 g/mol. The Balaban J connectivity index is 2.81. The summed E-state index contributed by atoms with van der Waals surface area (Å²) in [6.07, 6.45) is 5.61. The molecule has 0 bridgehead atoms. The SMILES string of the molecule is C=CCOCCCCOCCCCO. The lowest BCUT2D eigenvalue weighted by Crippen LogP contribution is -2.00. The maximum atomic E-state index is 8.51. The van der Waals surface area contributed by atoms with Crippen LogP contribution in [0.25, 0.3) is 0 Å². The van der Waals surface area contributed by atoms with Crippen molar-refractivity contribution in [2.45, 2.75) is 25.7 Å². The van der Waals surface area contributed by atoms with Crippen LogP contribution in [0.15, 0.2) is 12.7 Å². The van der Waals surface area contributed by atoms with Gasteiger partial charge in [0.15, 0.2) is 0 Å². The molecular formula is C11H22O3. The Kier molecular flexibility index (Phi) is 12.3. The Morgan fingerprint density at radius 1 is 0.929 bits per heavy atom. The van der Waals surface area contributed by atoms with Gasteiger partial charge in [-0.2, -0.15) is 0 Å². The molecular weight excluding hydrogens is 180 g/mol. The molecule has 0 radical (unpaired) electrons. The van der Waals surface area contributed by atoms with E-state index in [1.807, 2.05) is 0 Å². The summed E-state index contributed by atoms with van der Waals surface area (Å²) >= 11 is 0. The predicted octanol–water partition coefficient (Wildman–Crippen LogP) is 1.76. The molecule has 0 rings (SSSR count). The molecule has 1 N–H and O–H groups in total. The lowest BCUT2D eigenvalue weighted by atomic mass is 10.3. The third-order valence-corrected chi connectivity index (χ3v) is 1.76. The summed E-state index contributed by atoms with van der Waals surface area (Å²) in [6, 6.07) is 0. The summed E-state index contributed by atoms with van der Waals surface area (Å²) in [4.78, 5) is 0. The van der Waals surface area contributed by atoms with E-state index >= 15 is 0 Å². The summed E-state index contributed by atoms with van der Waals surface area (Å²) in [6.45, 7) is 6.80. The van der Waals surface area contributed by atoms with Crippen molar-refractivity contribution in [1.82, 2.24) is 0 Å². The second-order valence-corrected chi connectivity index (χ2v) is 3.11. The molecule has 0 saturated carbocycles. The smallest absolute Gasteiger partial charge is 0.0644 e. The first kappa shape index (κ1) is 13.6. The topological polar surface area (TPSA) is 38.7 Å². The fraction of sp³-hybridized carbons (Fsp3) is 0.818. The average molecular weight is 202 g/mol. The van der Waals surface area contributed by atoms with Crippen LogP contribution in [0, 0.1) is 0 Å². The van der Waals surface area contributed by atoms with Gasteiger partial charge >= 0.3 is 0 Å². The predicted molar refractivity (Wildman–Crippen MR) is 57.4 cm³/mol. The number of hydrogen-bond donors (Lipinski definition) is 1. The van der Waals surface area contributed by atoms with Gasteiger partial charge < -0.3 is 14.6 Å². The largest absolute Gasteiger partial charge is 0.396 e. The minimum absolute atomic E-state index is 0.263. The molecule has 3 nitrogen and oxygen atoms in total. The van der Waals surface area contributed by atoms with Crippen molar-refractivity contribution in [2.75, 3.05) is 33.0 Å². The summed E-state index contributed by atoms with van der Waals surface area (Å²) in [5, 5.41) is 8.51. The van der Waals surface area contributed by atoms with E-state index in [9.17, 15) is 0 Å². The molecule has 0 atom stereocenters. The maximum Gasteiger partial charge on any atom is 0.0644 e. The zero-order valence-electron chi connectivity index (χ0n) is 8.91. The minimum atomic E-state index is 0.263. The average Bonchev–Trinajstić information content (AvgIpc) is 2.21. The second-order valence-electron chi connectivity index (χ2n) is 3.11. The van der Waals surface area contributed by atoms with E-state index in [2.05, 4.69) is 6.58 Å². The van der Waals surface area contributed by atoms with Gasteiger partial charge in [-0.05, 0) is 25.7 Å². The van der Waals surface area contributed by atoms with E-state index < -0.39 is 0 Å². The van der Waals surface area contributed by atoms with Gasteiger partial charge in [-0.25, -0.2) is 0 Å². The van der Waals surface area contributed by atoms with Crippen LogP contribution in [0.5, 0.6) is 0 Å². The molecule has 0 aromatic heterocycles. The minimum Gasteiger partial charge on any atom is -0.396 e. The van der Waals surface area contributed by atoms with Crippen LogP contribution in [0.2, 0.25) is 0 Å². The highest BCUT2D eigenvalue weighted by Gasteiger charge is 1.90. The van der Waals surface area contributed by atoms with E-state index in [1.54, 1.807) is 6.08 Å². The van der Waals surface area contributed by atoms with Gasteiger partial charge in [0, 0.05) is 26.4 Å². The van der Waals surface area contributed by atoms with Gasteiger partial charge in [0.2, 0.25) is 0 Å². The molecule has 0 aliphatic rings. The number of hydrogen-bond acceptors (Lipinski definition) is 3. The highest BCUT2D eigenvalue weighted by molar-refractivity contribution is 4.63. The van der Waals surface area contributed by atoms with Crippen LogP contribution in [0.4, 0.5) is 0 Å². The summed E-state index contributed by atoms with van der Waals surface area (Å²) in [7, 11) is 0. The van der Waals surface area contributed by atoms with E-state index in [0.717, 1.165) is 45.5 Å². The molecule has 0 fully saturated rings. The molecule has 0 aliphatic heterocycles. The Morgan fingerprint density at radius 2 is 1.50 bits per heavy atom. The third kappa shape index (κ3) is 11.6. The van der Waals surface area contributed by atoms with Crippen molar-refractivity contribution in [3.05, 3.63) is 12.7 Å². The first-order valence-electron chi connectivity index (χ1n) is 5.29. The van der Waals surface area contributed by atoms with Crippen molar-refractivity contribution in [2.24, 2.45) is 0 Å². The van der Waals surface area contributed by atoms with E-state index in [4.69, 9.17) is 14.6 Å². The molecule has 0 aliphatic carbocycles. The van der Waals surface area contributed by atoms with E-state index in [0.29, 0.717) is 6.61 Å². The molecule has 0 aromatic carbocycles. The van der Waals surface area contributed by atoms with Crippen molar-refractivity contribution >= 4 is 0 Å². The van der Waals surface area contributed by atoms with Crippen LogP contribution < -0.4 is 0 Å². The number of rotatable bonds is 11. The van der Waals surface area contributed by atoms with Crippen LogP contribution in [-0.2, 0) is 9.47 Å². The van der Waals surface area contributed by atoms with Crippen LogP contribution in [0.1, 0.15) is 25.7 Å². The van der Waals surface area contributed by atoms with Crippen molar-refractivity contribution < 1.29 is 14.6 Å². The van der Waals surface area contributed by atoms with Gasteiger partial charge in [-0.3, -0.25) is 0 Å². The molecule has 0 unspecified atom stereocenters. The summed E-state index contributed by atoms with van der Waals surface area (Å²) < 4.78 is 10.6. The second kappa shape index (κ2) is 12.6. The van der Waals surface area contributed by atoms with Gasteiger partial charge in [0.25, 0.3) is 0 Å². The molecule has 84 valence electrons. The molecule has 0 spiro atoms. The molecule has 0 aromatic rings. The Labute approximate surface area is 86.7 Å². The summed E-state index contributed by atoms with van der Waals surface area (Å²) in [5.41, 5.74) is 0. The lowest BCUT2D eigenvalue weighted by molar-refractivity contribution is 0.107. The van der Waals surface area contributed by atoms with E-state index in [-0.39, 0.29) is 6.61 Å². The number of unbranched alkanes of at least 4 members (excludes halogenated alkanes) is 2. The zero-order chi connectivity index (χ0) is 10.5. The first-order valence-corrected chi connectivity index (χ1v) is 5.29. The standard InChI is InChI=1S/C11H22O3/c1-2-8-13-10-5-6-11-14-9-4-3-7-12/h2,12H,1,3-11H2. The van der Waals surface area contributed by atoms with Gasteiger partial charge in [-0.1, -0.05) is 6.08 Å². The van der Waals surface area contributed by atoms with Crippen molar-refractivity contribution in [3.63, 3.8) is 0 Å². The lowest BCUT2D eigenvalue weighted by Gasteiger charge is -2.03. The van der Waals surface area contributed by atoms with Crippen LogP contribution in [-0.4, -0.2) is 38.1 Å².